The zero-order chi connectivity index (χ0) is 17.1. The van der Waals surface area contributed by atoms with E-state index in [1.54, 1.807) is 18.2 Å². The van der Waals surface area contributed by atoms with Crippen molar-refractivity contribution < 1.29 is 29.0 Å². The Hall–Kier alpha value is -2.61. The van der Waals surface area contributed by atoms with Crippen LogP contribution in [0.15, 0.2) is 18.2 Å². The Balaban J connectivity index is 1.45. The van der Waals surface area contributed by atoms with E-state index in [0.29, 0.717) is 23.5 Å². The van der Waals surface area contributed by atoms with Gasteiger partial charge in [0.1, 0.15) is 6.54 Å². The second-order valence-electron chi connectivity index (χ2n) is 5.64. The average Bonchev–Trinajstić information content (AvgIpc) is 3.15. The highest BCUT2D eigenvalue weighted by Crippen LogP contribution is 2.34. The van der Waals surface area contributed by atoms with Crippen molar-refractivity contribution in [3.05, 3.63) is 23.8 Å². The molecule has 0 saturated carbocycles. The summed E-state index contributed by atoms with van der Waals surface area (Å²) >= 11 is 0. The fraction of sp³-hybridized carbons (Fsp3) is 0.438. The summed E-state index contributed by atoms with van der Waals surface area (Å²) in [4.78, 5) is 35.6. The predicted octanol–water partition coefficient (Wildman–Crippen LogP) is 0.104. The number of hydrogen-bond donors (Lipinski definition) is 2. The van der Waals surface area contributed by atoms with Gasteiger partial charge in [-0.15, -0.1) is 0 Å². The predicted molar refractivity (Wildman–Crippen MR) is 81.1 cm³/mol. The monoisotopic (exact) mass is 334 g/mol. The maximum absolute atomic E-state index is 11.8. The number of aliphatic hydroxyl groups is 1. The van der Waals surface area contributed by atoms with Crippen LogP contribution >= 0.6 is 0 Å². The van der Waals surface area contributed by atoms with Crippen LogP contribution < -0.4 is 14.8 Å². The summed E-state index contributed by atoms with van der Waals surface area (Å²) in [6.45, 7) is 0.126. The van der Waals surface area contributed by atoms with Gasteiger partial charge >= 0.3 is 0 Å². The molecule has 2 N–H and O–H groups in total. The van der Waals surface area contributed by atoms with Crippen LogP contribution in [0.2, 0.25) is 0 Å². The minimum Gasteiger partial charge on any atom is -0.454 e. The lowest BCUT2D eigenvalue weighted by atomic mass is 10.1. The Morgan fingerprint density at radius 1 is 1.21 bits per heavy atom. The number of carbonyl (C=O) groups is 3. The molecule has 1 aromatic rings. The van der Waals surface area contributed by atoms with Crippen LogP contribution in [0.4, 0.5) is 0 Å². The normalized spacial score (nSPS) is 17.3. The number of amides is 3. The van der Waals surface area contributed by atoms with Crippen LogP contribution in [-0.4, -0.2) is 47.6 Å². The molecule has 0 aromatic heterocycles. The van der Waals surface area contributed by atoms with Gasteiger partial charge < -0.3 is 19.9 Å². The summed E-state index contributed by atoms with van der Waals surface area (Å²) in [7, 11) is 0. The van der Waals surface area contributed by atoms with Gasteiger partial charge in [0.25, 0.3) is 0 Å². The summed E-state index contributed by atoms with van der Waals surface area (Å²) in [5.74, 6) is 0.156. The lowest BCUT2D eigenvalue weighted by Crippen LogP contribution is -2.40. The Morgan fingerprint density at radius 3 is 2.67 bits per heavy atom. The van der Waals surface area contributed by atoms with Gasteiger partial charge in [0.15, 0.2) is 11.5 Å². The Bertz CT molecular complexity index is 659. The smallest absolute Gasteiger partial charge is 0.240 e. The molecule has 1 aromatic carbocycles. The second kappa shape index (κ2) is 6.88. The molecule has 3 rings (SSSR count). The summed E-state index contributed by atoms with van der Waals surface area (Å²) < 4.78 is 10.5. The Kier molecular flexibility index (Phi) is 4.66. The molecule has 1 atom stereocenters. The first-order valence-electron chi connectivity index (χ1n) is 7.72. The van der Waals surface area contributed by atoms with Crippen molar-refractivity contribution in [3.63, 3.8) is 0 Å². The molecule has 2 heterocycles. The van der Waals surface area contributed by atoms with E-state index in [1.807, 2.05) is 0 Å². The van der Waals surface area contributed by atoms with Gasteiger partial charge in [-0.2, -0.15) is 0 Å². The first-order valence-corrected chi connectivity index (χ1v) is 7.72. The molecule has 2 aliphatic rings. The van der Waals surface area contributed by atoms with E-state index in [2.05, 4.69) is 5.32 Å². The molecule has 3 amide bonds. The van der Waals surface area contributed by atoms with Crippen LogP contribution in [0.5, 0.6) is 11.5 Å². The van der Waals surface area contributed by atoms with E-state index in [-0.39, 0.29) is 44.5 Å². The lowest BCUT2D eigenvalue weighted by molar-refractivity contribution is -0.142. The van der Waals surface area contributed by atoms with Crippen LogP contribution in [0, 0.1) is 0 Å². The van der Waals surface area contributed by atoms with Crippen molar-refractivity contribution in [1.29, 1.82) is 0 Å². The number of nitrogens with one attached hydrogen (secondary N) is 1. The van der Waals surface area contributed by atoms with E-state index in [4.69, 9.17) is 9.47 Å². The molecule has 128 valence electrons. The van der Waals surface area contributed by atoms with Crippen molar-refractivity contribution in [1.82, 2.24) is 10.2 Å². The van der Waals surface area contributed by atoms with Crippen LogP contribution in [-0.2, 0) is 14.4 Å². The fourth-order valence-electron chi connectivity index (χ4n) is 2.63. The van der Waals surface area contributed by atoms with E-state index < -0.39 is 12.0 Å². The first-order chi connectivity index (χ1) is 11.5. The van der Waals surface area contributed by atoms with Crippen LogP contribution in [0.25, 0.3) is 0 Å². The van der Waals surface area contributed by atoms with Gasteiger partial charge in [-0.05, 0) is 24.1 Å². The summed E-state index contributed by atoms with van der Waals surface area (Å²) in [6.07, 6.45) is -0.146. The zero-order valence-electron chi connectivity index (χ0n) is 13.0. The molecule has 0 radical (unpaired) electrons. The zero-order valence-corrected chi connectivity index (χ0v) is 13.0. The lowest BCUT2D eigenvalue weighted by Gasteiger charge is -2.15. The van der Waals surface area contributed by atoms with Gasteiger partial charge in [-0.1, -0.05) is 6.07 Å². The third-order valence-electron chi connectivity index (χ3n) is 3.98. The maximum atomic E-state index is 11.8. The van der Waals surface area contributed by atoms with Gasteiger partial charge in [0.2, 0.25) is 24.5 Å². The highest BCUT2D eigenvalue weighted by molar-refractivity contribution is 6.04. The average molecular weight is 334 g/mol. The Morgan fingerprint density at radius 2 is 1.92 bits per heavy atom. The number of aliphatic hydroxyl groups excluding tert-OH is 1. The number of fused-ring (bicyclic) bond motifs is 1. The highest BCUT2D eigenvalue weighted by Gasteiger charge is 2.30. The van der Waals surface area contributed by atoms with Crippen LogP contribution in [0.1, 0.15) is 30.9 Å². The number of benzene rings is 1. The molecule has 1 unspecified atom stereocenters. The maximum Gasteiger partial charge on any atom is 0.240 e. The van der Waals surface area contributed by atoms with E-state index in [0.717, 1.165) is 4.90 Å². The minimum absolute atomic E-state index is 0.162. The van der Waals surface area contributed by atoms with Gasteiger partial charge in [-0.25, -0.2) is 0 Å². The molecular formula is C16H18N2O6. The second-order valence-corrected chi connectivity index (χ2v) is 5.64. The van der Waals surface area contributed by atoms with Gasteiger partial charge in [-0.3, -0.25) is 19.3 Å². The SMILES string of the molecule is O=C(CN1C(=O)CCC1=O)NCCC(O)c1ccc2c(c1)OCO2. The highest BCUT2D eigenvalue weighted by atomic mass is 16.7. The molecule has 1 saturated heterocycles. The summed E-state index contributed by atoms with van der Waals surface area (Å²) in [5.41, 5.74) is 0.665. The molecular weight excluding hydrogens is 316 g/mol. The number of imide groups is 1. The van der Waals surface area contributed by atoms with E-state index in [9.17, 15) is 19.5 Å². The quantitative estimate of drug-likeness (QED) is 0.715. The number of nitrogens with zero attached hydrogens (tertiary/aromatic N) is 1. The van der Waals surface area contributed by atoms with Crippen molar-refractivity contribution >= 4 is 17.7 Å². The molecule has 2 aliphatic heterocycles. The Labute approximate surface area is 138 Å². The number of carbonyl (C=O) groups excluding carboxylic acids is 3. The number of rotatable bonds is 6. The molecule has 1 fully saturated rings. The van der Waals surface area contributed by atoms with Crippen molar-refractivity contribution in [2.45, 2.75) is 25.4 Å². The fourth-order valence-corrected chi connectivity index (χ4v) is 2.63. The van der Waals surface area contributed by atoms with Crippen molar-refractivity contribution in [2.75, 3.05) is 19.9 Å². The largest absolute Gasteiger partial charge is 0.454 e. The summed E-state index contributed by atoms with van der Waals surface area (Å²) in [6, 6.07) is 5.17. The third-order valence-corrected chi connectivity index (χ3v) is 3.98. The molecule has 8 nitrogen and oxygen atoms in total. The summed E-state index contributed by atoms with van der Waals surface area (Å²) in [5, 5.41) is 12.8. The van der Waals surface area contributed by atoms with E-state index >= 15 is 0 Å². The number of hydrogen-bond acceptors (Lipinski definition) is 6. The van der Waals surface area contributed by atoms with Gasteiger partial charge in [0.05, 0.1) is 6.10 Å². The molecule has 0 aliphatic carbocycles. The standard InChI is InChI=1S/C16H18N2O6/c19-11(10-1-2-12-13(7-10)24-9-23-12)5-6-17-14(20)8-18-15(21)3-4-16(18)22/h1-2,7,11,19H,3-6,8-9H2,(H,17,20). The van der Waals surface area contributed by atoms with Crippen molar-refractivity contribution in [2.24, 2.45) is 0 Å². The third kappa shape index (κ3) is 3.48. The molecule has 0 bridgehead atoms. The van der Waals surface area contributed by atoms with Gasteiger partial charge in [0, 0.05) is 19.4 Å². The van der Waals surface area contributed by atoms with Crippen molar-refractivity contribution in [3.8, 4) is 11.5 Å². The first kappa shape index (κ1) is 16.3. The van der Waals surface area contributed by atoms with Crippen LogP contribution in [0.3, 0.4) is 0 Å². The number of ether oxygens (including phenoxy) is 2. The van der Waals surface area contributed by atoms with E-state index in [1.165, 1.54) is 0 Å². The molecule has 0 spiro atoms. The molecule has 24 heavy (non-hydrogen) atoms. The number of likely N-dealkylation sites (tertiary alicyclic amines) is 1. The topological polar surface area (TPSA) is 105 Å². The minimum atomic E-state index is -0.769. The molecule has 8 heteroatoms.